The fourth-order valence-electron chi connectivity index (χ4n) is 2.94. The number of pyridine rings is 1. The van der Waals surface area contributed by atoms with E-state index in [1.165, 1.54) is 18.5 Å². The van der Waals surface area contributed by atoms with E-state index >= 15 is 0 Å². The predicted molar refractivity (Wildman–Crippen MR) is 90.3 cm³/mol. The minimum absolute atomic E-state index is 0.108. The molecule has 0 atom stereocenters. The first-order valence-electron chi connectivity index (χ1n) is 7.92. The first-order chi connectivity index (χ1) is 11.5. The second-order valence-electron chi connectivity index (χ2n) is 6.15. The smallest absolute Gasteiger partial charge is 0.263 e. The Morgan fingerprint density at radius 1 is 1.25 bits per heavy atom. The zero-order chi connectivity index (χ0) is 16.7. The number of nitrogens with one attached hydrogen (secondary N) is 1. The maximum absolute atomic E-state index is 12.4. The van der Waals surface area contributed by atoms with Crippen molar-refractivity contribution in [3.63, 3.8) is 0 Å². The molecule has 1 saturated carbocycles. The summed E-state index contributed by atoms with van der Waals surface area (Å²) in [6.45, 7) is 0.670. The zero-order valence-electron chi connectivity index (χ0n) is 13.0. The van der Waals surface area contributed by atoms with Gasteiger partial charge < -0.3 is 4.90 Å². The topological polar surface area (TPSA) is 79.4 Å². The summed E-state index contributed by atoms with van der Waals surface area (Å²) in [5.41, 5.74) is 2.35. The Labute approximate surface area is 140 Å². The van der Waals surface area contributed by atoms with Crippen LogP contribution in [0.4, 0.5) is 11.4 Å². The van der Waals surface area contributed by atoms with Crippen LogP contribution in [-0.2, 0) is 21.2 Å². The zero-order valence-corrected chi connectivity index (χ0v) is 13.8. The Morgan fingerprint density at radius 2 is 2.08 bits per heavy atom. The van der Waals surface area contributed by atoms with Crippen LogP contribution in [0.25, 0.3) is 0 Å². The van der Waals surface area contributed by atoms with Crippen molar-refractivity contribution in [3.05, 3.63) is 48.3 Å². The highest BCUT2D eigenvalue weighted by Crippen LogP contribution is 2.37. The predicted octanol–water partition coefficient (Wildman–Crippen LogP) is 2.18. The highest BCUT2D eigenvalue weighted by molar-refractivity contribution is 7.92. The number of hydrogen-bond donors (Lipinski definition) is 1. The molecule has 0 bridgehead atoms. The molecule has 7 heteroatoms. The molecule has 24 heavy (non-hydrogen) atoms. The lowest BCUT2D eigenvalue weighted by molar-refractivity contribution is -0.119. The Balaban J connectivity index is 1.62. The van der Waals surface area contributed by atoms with E-state index in [1.807, 2.05) is 6.07 Å². The third-order valence-electron chi connectivity index (χ3n) is 4.37. The number of nitrogens with zero attached hydrogens (tertiary/aromatic N) is 2. The van der Waals surface area contributed by atoms with Gasteiger partial charge in [0, 0.05) is 30.5 Å². The molecule has 2 heterocycles. The Hall–Kier alpha value is -2.41. The molecule has 1 N–H and O–H groups in total. The summed E-state index contributed by atoms with van der Waals surface area (Å²) < 4.78 is 27.4. The van der Waals surface area contributed by atoms with E-state index in [0.29, 0.717) is 12.2 Å². The number of fused-ring (bicyclic) bond motifs is 1. The van der Waals surface area contributed by atoms with Crippen LogP contribution in [0.1, 0.15) is 18.4 Å². The van der Waals surface area contributed by atoms with Gasteiger partial charge in [-0.3, -0.25) is 14.5 Å². The van der Waals surface area contributed by atoms with Gasteiger partial charge >= 0.3 is 0 Å². The molecule has 1 amide bonds. The summed E-state index contributed by atoms with van der Waals surface area (Å²) in [6, 6.07) is 8.43. The molecule has 0 saturated heterocycles. The van der Waals surface area contributed by atoms with E-state index in [1.54, 1.807) is 23.1 Å². The Morgan fingerprint density at radius 3 is 2.79 bits per heavy atom. The van der Waals surface area contributed by atoms with Gasteiger partial charge in [0.1, 0.15) is 4.90 Å². The largest absolute Gasteiger partial charge is 0.312 e. The number of aromatic nitrogens is 1. The number of amides is 1. The van der Waals surface area contributed by atoms with Crippen LogP contribution in [0.3, 0.4) is 0 Å². The second-order valence-corrected chi connectivity index (χ2v) is 7.83. The van der Waals surface area contributed by atoms with Gasteiger partial charge in [0.05, 0.1) is 5.69 Å². The van der Waals surface area contributed by atoms with Gasteiger partial charge in [-0.2, -0.15) is 0 Å². The molecule has 2 aliphatic rings. The number of benzene rings is 1. The number of hydrogen-bond acceptors (Lipinski definition) is 4. The highest BCUT2D eigenvalue weighted by Gasteiger charge is 2.36. The van der Waals surface area contributed by atoms with Crippen LogP contribution < -0.4 is 9.62 Å². The molecule has 1 aromatic heterocycles. The van der Waals surface area contributed by atoms with Gasteiger partial charge in [-0.25, -0.2) is 8.42 Å². The summed E-state index contributed by atoms with van der Waals surface area (Å²) in [4.78, 5) is 18.1. The number of anilines is 2. The summed E-state index contributed by atoms with van der Waals surface area (Å²) >= 11 is 0. The van der Waals surface area contributed by atoms with E-state index in [0.717, 1.165) is 30.5 Å². The van der Waals surface area contributed by atoms with Crippen molar-refractivity contribution in [1.82, 2.24) is 4.98 Å². The minimum atomic E-state index is -3.69. The van der Waals surface area contributed by atoms with Gasteiger partial charge in [-0.05, 0) is 49.1 Å². The molecule has 6 nitrogen and oxygen atoms in total. The van der Waals surface area contributed by atoms with E-state index in [2.05, 4.69) is 9.71 Å². The van der Waals surface area contributed by atoms with Crippen LogP contribution in [0.5, 0.6) is 0 Å². The monoisotopic (exact) mass is 343 g/mol. The number of sulfonamides is 1. The average molecular weight is 343 g/mol. The van der Waals surface area contributed by atoms with E-state index < -0.39 is 10.0 Å². The molecule has 1 aliphatic carbocycles. The van der Waals surface area contributed by atoms with Crippen molar-refractivity contribution in [1.29, 1.82) is 0 Å². The summed E-state index contributed by atoms with van der Waals surface area (Å²) in [7, 11) is -3.69. The van der Waals surface area contributed by atoms with Gasteiger partial charge in [0.25, 0.3) is 10.0 Å². The van der Waals surface area contributed by atoms with E-state index in [9.17, 15) is 13.2 Å². The molecule has 0 radical (unpaired) electrons. The molecule has 1 aliphatic heterocycles. The number of carbonyl (C=O) groups excluding carboxylic acids is 1. The molecule has 4 rings (SSSR count). The maximum atomic E-state index is 12.4. The van der Waals surface area contributed by atoms with E-state index in [4.69, 9.17) is 0 Å². The SMILES string of the molecule is O=C(C1CC1)N1CCc2ccc(NS(=O)(=O)c3cccnc3)cc21. The second kappa shape index (κ2) is 5.59. The number of carbonyl (C=O) groups is 1. The number of rotatable bonds is 4. The molecular weight excluding hydrogens is 326 g/mol. The normalized spacial score (nSPS) is 16.8. The van der Waals surface area contributed by atoms with Gasteiger partial charge in [-0.1, -0.05) is 6.07 Å². The van der Waals surface area contributed by atoms with Gasteiger partial charge in [0.15, 0.2) is 0 Å². The van der Waals surface area contributed by atoms with Gasteiger partial charge in [-0.15, -0.1) is 0 Å². The molecular formula is C17H17N3O3S. The standard InChI is InChI=1S/C17H17N3O3S/c21-17(13-3-4-13)20-9-7-12-5-6-14(10-16(12)20)19-24(22,23)15-2-1-8-18-11-15/h1-2,5-6,8,10-11,13,19H,3-4,7,9H2. The van der Waals surface area contributed by atoms with Crippen molar-refractivity contribution in [2.24, 2.45) is 5.92 Å². The molecule has 1 fully saturated rings. The van der Waals surface area contributed by atoms with Crippen LogP contribution in [0.15, 0.2) is 47.6 Å². The molecule has 2 aromatic rings. The Bertz CT molecular complexity index is 893. The first-order valence-corrected chi connectivity index (χ1v) is 9.40. The third kappa shape index (κ3) is 2.75. The van der Waals surface area contributed by atoms with Crippen molar-refractivity contribution in [2.75, 3.05) is 16.2 Å². The van der Waals surface area contributed by atoms with Crippen molar-refractivity contribution >= 4 is 27.3 Å². The Kier molecular flexibility index (Phi) is 3.53. The van der Waals surface area contributed by atoms with Crippen molar-refractivity contribution < 1.29 is 13.2 Å². The van der Waals surface area contributed by atoms with Crippen LogP contribution in [0, 0.1) is 5.92 Å². The molecule has 0 spiro atoms. The average Bonchev–Trinajstić information content (AvgIpc) is 3.35. The molecule has 0 unspecified atom stereocenters. The first kappa shape index (κ1) is 15.1. The van der Waals surface area contributed by atoms with Crippen LogP contribution in [0.2, 0.25) is 0 Å². The minimum Gasteiger partial charge on any atom is -0.312 e. The summed E-state index contributed by atoms with van der Waals surface area (Å²) in [6.07, 6.45) is 5.55. The van der Waals surface area contributed by atoms with Crippen molar-refractivity contribution in [2.45, 2.75) is 24.2 Å². The lowest BCUT2D eigenvalue weighted by Crippen LogP contribution is -2.30. The quantitative estimate of drug-likeness (QED) is 0.923. The van der Waals surface area contributed by atoms with Crippen LogP contribution in [-0.4, -0.2) is 25.9 Å². The van der Waals surface area contributed by atoms with Gasteiger partial charge in [0.2, 0.25) is 5.91 Å². The maximum Gasteiger partial charge on any atom is 0.263 e. The molecule has 1 aromatic carbocycles. The summed E-state index contributed by atoms with van der Waals surface area (Å²) in [5, 5.41) is 0. The van der Waals surface area contributed by atoms with Crippen LogP contribution >= 0.6 is 0 Å². The summed E-state index contributed by atoms with van der Waals surface area (Å²) in [5.74, 6) is 0.299. The third-order valence-corrected chi connectivity index (χ3v) is 5.74. The fourth-order valence-corrected chi connectivity index (χ4v) is 3.95. The molecule has 124 valence electrons. The van der Waals surface area contributed by atoms with E-state index in [-0.39, 0.29) is 16.7 Å². The highest BCUT2D eigenvalue weighted by atomic mass is 32.2. The fraction of sp³-hybridized carbons (Fsp3) is 0.294. The van der Waals surface area contributed by atoms with Crippen molar-refractivity contribution in [3.8, 4) is 0 Å². The lowest BCUT2D eigenvalue weighted by Gasteiger charge is -2.18. The lowest BCUT2D eigenvalue weighted by atomic mass is 10.1.